The van der Waals surface area contributed by atoms with Gasteiger partial charge in [0.15, 0.2) is 6.61 Å². The van der Waals surface area contributed by atoms with Crippen LogP contribution in [0.5, 0.6) is 11.5 Å². The number of esters is 1. The average molecular weight is 355 g/mol. The maximum atomic E-state index is 11.8. The number of amides is 1. The molecule has 6 nitrogen and oxygen atoms in total. The number of nitrogens with one attached hydrogen (secondary N) is 1. The highest BCUT2D eigenvalue weighted by atomic mass is 16.5. The first kappa shape index (κ1) is 19.1. The average Bonchev–Trinajstić information content (AvgIpc) is 2.67. The highest BCUT2D eigenvalue weighted by Gasteiger charge is 2.06. The van der Waals surface area contributed by atoms with Crippen LogP contribution in [0, 0.1) is 0 Å². The minimum Gasteiger partial charge on any atom is -0.497 e. The fourth-order valence-corrected chi connectivity index (χ4v) is 2.06. The van der Waals surface area contributed by atoms with Crippen LogP contribution in [0.25, 0.3) is 6.08 Å². The molecular formula is C20H21NO5. The molecule has 136 valence electrons. The summed E-state index contributed by atoms with van der Waals surface area (Å²) < 4.78 is 15.3. The van der Waals surface area contributed by atoms with Gasteiger partial charge in [0.1, 0.15) is 11.5 Å². The highest BCUT2D eigenvalue weighted by Crippen LogP contribution is 2.15. The maximum absolute atomic E-state index is 11.8. The third-order valence-electron chi connectivity index (χ3n) is 3.32. The number of hydrogen-bond donors (Lipinski definition) is 1. The summed E-state index contributed by atoms with van der Waals surface area (Å²) in [6.45, 7) is 2.11. The molecule has 1 N–H and O–H groups in total. The molecule has 0 unspecified atom stereocenters. The first-order chi connectivity index (χ1) is 12.6. The lowest BCUT2D eigenvalue weighted by Gasteiger charge is -2.07. The number of carbonyl (C=O) groups excluding carboxylic acids is 2. The van der Waals surface area contributed by atoms with Gasteiger partial charge in [-0.15, -0.1) is 0 Å². The summed E-state index contributed by atoms with van der Waals surface area (Å²) in [5.41, 5.74) is 1.42. The van der Waals surface area contributed by atoms with E-state index in [0.29, 0.717) is 12.3 Å². The fourth-order valence-electron chi connectivity index (χ4n) is 2.06. The molecule has 0 spiro atoms. The smallest absolute Gasteiger partial charge is 0.331 e. The standard InChI is InChI=1S/C20H21NO5/c1-3-25-18-11-7-16(8-12-18)21-19(22)14-26-20(23)13-6-15-4-9-17(24-2)10-5-15/h4-13H,3,14H2,1-2H3,(H,21,22)/b13-6+. The number of ether oxygens (including phenoxy) is 3. The predicted octanol–water partition coefficient (Wildman–Crippen LogP) is 3.29. The van der Waals surface area contributed by atoms with Crippen LogP contribution in [-0.4, -0.2) is 32.2 Å². The van der Waals surface area contributed by atoms with E-state index in [1.807, 2.05) is 6.92 Å². The number of methoxy groups -OCH3 is 1. The first-order valence-corrected chi connectivity index (χ1v) is 8.12. The van der Waals surface area contributed by atoms with E-state index in [4.69, 9.17) is 14.2 Å². The molecule has 0 saturated heterocycles. The van der Waals surface area contributed by atoms with Gasteiger partial charge in [0, 0.05) is 11.8 Å². The Kier molecular flexibility index (Phi) is 7.24. The zero-order valence-corrected chi connectivity index (χ0v) is 14.7. The van der Waals surface area contributed by atoms with Crippen molar-refractivity contribution < 1.29 is 23.8 Å². The second-order valence-electron chi connectivity index (χ2n) is 5.22. The van der Waals surface area contributed by atoms with Gasteiger partial charge in [-0.1, -0.05) is 12.1 Å². The van der Waals surface area contributed by atoms with Crippen LogP contribution >= 0.6 is 0 Å². The van der Waals surface area contributed by atoms with Gasteiger partial charge in [-0.2, -0.15) is 0 Å². The van der Waals surface area contributed by atoms with Crippen molar-refractivity contribution in [2.24, 2.45) is 0 Å². The van der Waals surface area contributed by atoms with Crippen molar-refractivity contribution >= 4 is 23.6 Å². The Morgan fingerprint density at radius 3 is 2.27 bits per heavy atom. The van der Waals surface area contributed by atoms with E-state index in [9.17, 15) is 9.59 Å². The van der Waals surface area contributed by atoms with Gasteiger partial charge in [0.25, 0.3) is 5.91 Å². The van der Waals surface area contributed by atoms with E-state index >= 15 is 0 Å². The third-order valence-corrected chi connectivity index (χ3v) is 3.32. The molecule has 0 atom stereocenters. The number of anilines is 1. The molecule has 0 fully saturated rings. The SMILES string of the molecule is CCOc1ccc(NC(=O)COC(=O)/C=C/c2ccc(OC)cc2)cc1. The number of benzene rings is 2. The second-order valence-corrected chi connectivity index (χ2v) is 5.22. The van der Waals surface area contributed by atoms with E-state index in [1.54, 1.807) is 61.7 Å². The Balaban J connectivity index is 1.76. The molecule has 0 radical (unpaired) electrons. The summed E-state index contributed by atoms with van der Waals surface area (Å²) >= 11 is 0. The molecule has 0 aliphatic heterocycles. The van der Waals surface area contributed by atoms with Gasteiger partial charge >= 0.3 is 5.97 Å². The molecule has 1 amide bonds. The summed E-state index contributed by atoms with van der Waals surface area (Å²) in [7, 11) is 1.58. The van der Waals surface area contributed by atoms with Crippen LogP contribution in [-0.2, 0) is 14.3 Å². The number of rotatable bonds is 8. The summed E-state index contributed by atoms with van der Waals surface area (Å²) in [5, 5.41) is 2.64. The molecule has 0 heterocycles. The molecule has 26 heavy (non-hydrogen) atoms. The van der Waals surface area contributed by atoms with E-state index in [1.165, 1.54) is 6.08 Å². The van der Waals surface area contributed by atoms with Gasteiger partial charge in [-0.05, 0) is 55.0 Å². The van der Waals surface area contributed by atoms with Crippen molar-refractivity contribution in [3.05, 3.63) is 60.2 Å². The van der Waals surface area contributed by atoms with Gasteiger partial charge in [-0.3, -0.25) is 4.79 Å². The molecule has 0 saturated carbocycles. The van der Waals surface area contributed by atoms with Crippen molar-refractivity contribution in [1.29, 1.82) is 0 Å². The van der Waals surface area contributed by atoms with Gasteiger partial charge in [0.05, 0.1) is 13.7 Å². The molecule has 0 aliphatic carbocycles. The van der Waals surface area contributed by atoms with Gasteiger partial charge in [0.2, 0.25) is 0 Å². The van der Waals surface area contributed by atoms with Crippen LogP contribution in [0.15, 0.2) is 54.6 Å². The quantitative estimate of drug-likeness (QED) is 0.581. The lowest BCUT2D eigenvalue weighted by Crippen LogP contribution is -2.20. The molecule has 6 heteroatoms. The topological polar surface area (TPSA) is 73.9 Å². The molecular weight excluding hydrogens is 334 g/mol. The zero-order valence-electron chi connectivity index (χ0n) is 14.7. The summed E-state index contributed by atoms with van der Waals surface area (Å²) in [6, 6.07) is 14.1. The largest absolute Gasteiger partial charge is 0.497 e. The minimum absolute atomic E-state index is 0.362. The van der Waals surface area contributed by atoms with E-state index in [0.717, 1.165) is 17.1 Å². The zero-order chi connectivity index (χ0) is 18.8. The Hall–Kier alpha value is -3.28. The Morgan fingerprint density at radius 1 is 1.00 bits per heavy atom. The minimum atomic E-state index is -0.595. The van der Waals surface area contributed by atoms with Gasteiger partial charge in [-0.25, -0.2) is 4.79 Å². The Morgan fingerprint density at radius 2 is 1.65 bits per heavy atom. The monoisotopic (exact) mass is 355 g/mol. The Bertz CT molecular complexity index is 751. The van der Waals surface area contributed by atoms with E-state index < -0.39 is 11.9 Å². The van der Waals surface area contributed by atoms with Crippen molar-refractivity contribution in [2.75, 3.05) is 25.6 Å². The van der Waals surface area contributed by atoms with Crippen molar-refractivity contribution in [2.45, 2.75) is 6.92 Å². The second kappa shape index (κ2) is 9.88. The first-order valence-electron chi connectivity index (χ1n) is 8.12. The van der Waals surface area contributed by atoms with Gasteiger partial charge < -0.3 is 19.5 Å². The summed E-state index contributed by atoms with van der Waals surface area (Å²) in [5.74, 6) is 0.444. The molecule has 2 aromatic carbocycles. The summed E-state index contributed by atoms with van der Waals surface area (Å²) in [6.07, 6.45) is 2.87. The summed E-state index contributed by atoms with van der Waals surface area (Å²) in [4.78, 5) is 23.5. The third kappa shape index (κ3) is 6.32. The van der Waals surface area contributed by atoms with Crippen molar-refractivity contribution in [3.8, 4) is 11.5 Å². The maximum Gasteiger partial charge on any atom is 0.331 e. The number of hydrogen-bond acceptors (Lipinski definition) is 5. The Labute approximate surface area is 152 Å². The van der Waals surface area contributed by atoms with E-state index in [2.05, 4.69) is 5.32 Å². The molecule has 2 aromatic rings. The van der Waals surface area contributed by atoms with Crippen molar-refractivity contribution in [1.82, 2.24) is 0 Å². The van der Waals surface area contributed by atoms with E-state index in [-0.39, 0.29) is 6.61 Å². The fraction of sp³-hybridized carbons (Fsp3) is 0.200. The van der Waals surface area contributed by atoms with Crippen LogP contribution in [0.3, 0.4) is 0 Å². The molecule has 0 aromatic heterocycles. The lowest BCUT2D eigenvalue weighted by atomic mass is 10.2. The molecule has 0 aliphatic rings. The van der Waals surface area contributed by atoms with Crippen LogP contribution < -0.4 is 14.8 Å². The highest BCUT2D eigenvalue weighted by molar-refractivity contribution is 5.94. The van der Waals surface area contributed by atoms with Crippen molar-refractivity contribution in [3.63, 3.8) is 0 Å². The lowest BCUT2D eigenvalue weighted by molar-refractivity contribution is -0.142. The van der Waals surface area contributed by atoms with Crippen LogP contribution in [0.2, 0.25) is 0 Å². The van der Waals surface area contributed by atoms with Crippen LogP contribution in [0.1, 0.15) is 12.5 Å². The molecule has 0 bridgehead atoms. The normalized spacial score (nSPS) is 10.4. The predicted molar refractivity (Wildman–Crippen MR) is 99.2 cm³/mol. The number of carbonyl (C=O) groups is 2. The molecule has 2 rings (SSSR count). The van der Waals surface area contributed by atoms with Crippen LogP contribution in [0.4, 0.5) is 5.69 Å².